The van der Waals surface area contributed by atoms with Gasteiger partial charge in [0.25, 0.3) is 0 Å². The van der Waals surface area contributed by atoms with Crippen molar-refractivity contribution in [2.24, 2.45) is 11.5 Å². The zero-order valence-electron chi connectivity index (χ0n) is 3.14. The Labute approximate surface area is 39.5 Å². The van der Waals surface area contributed by atoms with Crippen LogP contribution in [0.2, 0.25) is 0 Å². The smallest absolute Gasteiger partial charge is 0.343 e. The summed E-state index contributed by atoms with van der Waals surface area (Å²) in [7, 11) is 2.64. The first-order valence-electron chi connectivity index (χ1n) is 1.32. The Kier molecular flexibility index (Phi) is 2.31. The summed E-state index contributed by atoms with van der Waals surface area (Å²) >= 11 is 0. The highest BCUT2D eigenvalue weighted by atomic mass is 28.2. The topological polar surface area (TPSA) is 61.3 Å². The van der Waals surface area contributed by atoms with Gasteiger partial charge in [0.05, 0.1) is 6.20 Å². The molecular formula is C2H5N2OSi. The minimum Gasteiger partial charge on any atom is -0.528 e. The van der Waals surface area contributed by atoms with E-state index in [9.17, 15) is 0 Å². The molecule has 0 amide bonds. The van der Waals surface area contributed by atoms with E-state index in [2.05, 4.69) is 14.9 Å². The van der Waals surface area contributed by atoms with E-state index in [0.717, 1.165) is 6.20 Å². The van der Waals surface area contributed by atoms with Gasteiger partial charge in [-0.1, -0.05) is 0 Å². The van der Waals surface area contributed by atoms with Crippen molar-refractivity contribution in [2.45, 2.75) is 0 Å². The van der Waals surface area contributed by atoms with Crippen LogP contribution in [-0.2, 0) is 4.43 Å². The van der Waals surface area contributed by atoms with E-state index in [1.807, 2.05) is 0 Å². The Morgan fingerprint density at radius 3 is 2.33 bits per heavy atom. The second-order valence-corrected chi connectivity index (χ2v) is 0.875. The largest absolute Gasteiger partial charge is 0.528 e. The highest BCUT2D eigenvalue weighted by molar-refractivity contribution is 5.98. The molecule has 0 spiro atoms. The molecule has 0 bridgehead atoms. The Morgan fingerprint density at radius 2 is 2.33 bits per heavy atom. The molecule has 3 radical (unpaired) electrons. The lowest BCUT2D eigenvalue weighted by Gasteiger charge is -1.91. The molecule has 33 valence electrons. The molecule has 0 aromatic rings. The first kappa shape index (κ1) is 5.36. The van der Waals surface area contributed by atoms with Gasteiger partial charge in [-0.25, -0.2) is 0 Å². The van der Waals surface area contributed by atoms with Crippen LogP contribution in [0.25, 0.3) is 0 Å². The van der Waals surface area contributed by atoms with E-state index in [0.29, 0.717) is 0 Å². The van der Waals surface area contributed by atoms with Gasteiger partial charge < -0.3 is 15.9 Å². The minimum absolute atomic E-state index is 0.159. The highest BCUT2D eigenvalue weighted by Crippen LogP contribution is 1.71. The van der Waals surface area contributed by atoms with E-state index >= 15 is 0 Å². The Balaban J connectivity index is 3.22. The third-order valence-corrected chi connectivity index (χ3v) is 0.518. The number of hydrogen-bond donors (Lipinski definition) is 2. The van der Waals surface area contributed by atoms with Crippen molar-refractivity contribution in [1.29, 1.82) is 0 Å². The summed E-state index contributed by atoms with van der Waals surface area (Å²) in [6, 6.07) is 0. The van der Waals surface area contributed by atoms with Gasteiger partial charge in [-0.3, -0.25) is 0 Å². The quantitative estimate of drug-likeness (QED) is 0.322. The molecule has 0 fully saturated rings. The van der Waals surface area contributed by atoms with Crippen LogP contribution in [0.1, 0.15) is 0 Å². The minimum atomic E-state index is 0.159. The highest BCUT2D eigenvalue weighted by Gasteiger charge is 1.73. The van der Waals surface area contributed by atoms with Crippen LogP contribution in [0.5, 0.6) is 0 Å². The second-order valence-electron chi connectivity index (χ2n) is 0.671. The SMILES string of the molecule is N/C=C(\N)O[Si]. The molecule has 0 saturated heterocycles. The molecule has 0 aliphatic rings. The van der Waals surface area contributed by atoms with Gasteiger partial charge in [0, 0.05) is 0 Å². The maximum atomic E-state index is 4.94. The number of nitrogens with two attached hydrogens (primary N) is 2. The Morgan fingerprint density at radius 1 is 1.83 bits per heavy atom. The third-order valence-electron chi connectivity index (χ3n) is 0.282. The predicted octanol–water partition coefficient (Wildman–Crippen LogP) is -1.20. The van der Waals surface area contributed by atoms with Gasteiger partial charge in [-0.2, -0.15) is 0 Å². The van der Waals surface area contributed by atoms with Gasteiger partial charge in [0.2, 0.25) is 0 Å². The molecule has 0 unspecified atom stereocenters. The van der Waals surface area contributed by atoms with Crippen LogP contribution in [0.3, 0.4) is 0 Å². The molecule has 3 nitrogen and oxygen atoms in total. The van der Waals surface area contributed by atoms with Crippen molar-refractivity contribution in [3.05, 3.63) is 12.1 Å². The van der Waals surface area contributed by atoms with E-state index < -0.39 is 0 Å². The maximum Gasteiger partial charge on any atom is 0.343 e. The lowest BCUT2D eigenvalue weighted by molar-refractivity contribution is 0.461. The third kappa shape index (κ3) is 1.65. The molecule has 0 aliphatic carbocycles. The molecule has 0 heterocycles. The van der Waals surface area contributed by atoms with Crippen molar-refractivity contribution in [3.8, 4) is 0 Å². The predicted molar refractivity (Wildman–Crippen MR) is 23.3 cm³/mol. The second kappa shape index (κ2) is 2.59. The van der Waals surface area contributed by atoms with Crippen molar-refractivity contribution >= 4 is 10.5 Å². The van der Waals surface area contributed by atoms with Crippen LogP contribution in [-0.4, -0.2) is 10.5 Å². The van der Waals surface area contributed by atoms with Crippen LogP contribution < -0.4 is 11.5 Å². The fourth-order valence-corrected chi connectivity index (χ4v) is 0.102. The summed E-state index contributed by atoms with van der Waals surface area (Å²) in [6.07, 6.45) is 1.15. The van der Waals surface area contributed by atoms with E-state index in [-0.39, 0.29) is 5.88 Å². The van der Waals surface area contributed by atoms with Gasteiger partial charge in [0.1, 0.15) is 0 Å². The molecular weight excluding hydrogens is 96.1 g/mol. The molecule has 0 aliphatic heterocycles. The van der Waals surface area contributed by atoms with Gasteiger partial charge in [0.15, 0.2) is 5.88 Å². The zero-order valence-corrected chi connectivity index (χ0v) is 4.14. The van der Waals surface area contributed by atoms with E-state index in [4.69, 9.17) is 11.5 Å². The summed E-state index contributed by atoms with van der Waals surface area (Å²) in [4.78, 5) is 0. The molecule has 0 aromatic heterocycles. The normalized spacial score (nSPS) is 11.2. The van der Waals surface area contributed by atoms with Crippen molar-refractivity contribution < 1.29 is 4.43 Å². The lowest BCUT2D eigenvalue weighted by atomic mass is 10.9. The standard InChI is InChI=1S/C2H5N2OSi/c3-1-2(4)5-6/h1H,3-4H2/b2-1+. The molecule has 4 N–H and O–H groups in total. The van der Waals surface area contributed by atoms with E-state index in [1.165, 1.54) is 0 Å². The van der Waals surface area contributed by atoms with Crippen molar-refractivity contribution in [1.82, 2.24) is 0 Å². The summed E-state index contributed by atoms with van der Waals surface area (Å²) in [6.45, 7) is 0. The average molecular weight is 101 g/mol. The first-order chi connectivity index (χ1) is 2.81. The number of hydrogen-bond acceptors (Lipinski definition) is 3. The summed E-state index contributed by atoms with van der Waals surface area (Å²) in [5, 5.41) is 0. The molecule has 0 atom stereocenters. The van der Waals surface area contributed by atoms with Crippen LogP contribution >= 0.6 is 0 Å². The summed E-state index contributed by atoms with van der Waals surface area (Å²) in [5.41, 5.74) is 9.78. The maximum absolute atomic E-state index is 4.94. The average Bonchev–Trinajstić information content (AvgIpc) is 1.65. The van der Waals surface area contributed by atoms with Crippen molar-refractivity contribution in [2.75, 3.05) is 0 Å². The van der Waals surface area contributed by atoms with Gasteiger partial charge in [-0.05, 0) is 0 Å². The molecule has 4 heteroatoms. The first-order valence-corrected chi connectivity index (χ1v) is 1.73. The summed E-state index contributed by atoms with van der Waals surface area (Å²) in [5.74, 6) is 0.159. The molecule has 0 rings (SSSR count). The summed E-state index contributed by atoms with van der Waals surface area (Å²) < 4.78 is 4.22. The van der Waals surface area contributed by atoms with E-state index in [1.54, 1.807) is 0 Å². The lowest BCUT2D eigenvalue weighted by Crippen LogP contribution is -2.02. The Hall–Kier alpha value is -0.643. The van der Waals surface area contributed by atoms with Crippen molar-refractivity contribution in [3.63, 3.8) is 0 Å². The van der Waals surface area contributed by atoms with Gasteiger partial charge in [-0.15, -0.1) is 0 Å². The fourth-order valence-electron chi connectivity index (χ4n) is 0.0340. The fraction of sp³-hybridized carbons (Fsp3) is 0. The van der Waals surface area contributed by atoms with Gasteiger partial charge >= 0.3 is 10.5 Å². The molecule has 6 heavy (non-hydrogen) atoms. The van der Waals surface area contributed by atoms with Crippen LogP contribution in [0, 0.1) is 0 Å². The molecule has 0 aromatic carbocycles. The monoisotopic (exact) mass is 101 g/mol. The van der Waals surface area contributed by atoms with Crippen LogP contribution in [0.4, 0.5) is 0 Å². The zero-order chi connectivity index (χ0) is 4.99. The molecule has 0 saturated carbocycles. The Bertz CT molecular complexity index is 62.6. The van der Waals surface area contributed by atoms with Crippen LogP contribution in [0.15, 0.2) is 12.1 Å². The number of rotatable bonds is 1.